The van der Waals surface area contributed by atoms with E-state index in [0.29, 0.717) is 25.5 Å². The Morgan fingerprint density at radius 2 is 1.66 bits per heavy atom. The maximum Gasteiger partial charge on any atom is 0.256 e. The van der Waals surface area contributed by atoms with Crippen LogP contribution in [-0.4, -0.2) is 63.3 Å². The highest BCUT2D eigenvalue weighted by molar-refractivity contribution is 5.97. The van der Waals surface area contributed by atoms with Gasteiger partial charge < -0.3 is 19.4 Å². The maximum absolute atomic E-state index is 13.4. The molecule has 2 aromatic carbocycles. The highest BCUT2D eigenvalue weighted by Crippen LogP contribution is 2.41. The van der Waals surface area contributed by atoms with Gasteiger partial charge in [0.05, 0.1) is 6.61 Å². The molecule has 0 radical (unpaired) electrons. The summed E-state index contributed by atoms with van der Waals surface area (Å²) in [7, 11) is 2.17. The van der Waals surface area contributed by atoms with Crippen molar-refractivity contribution in [2.45, 2.75) is 38.2 Å². The zero-order valence-electron chi connectivity index (χ0n) is 19.4. The highest BCUT2D eigenvalue weighted by Gasteiger charge is 2.32. The molecule has 32 heavy (non-hydrogen) atoms. The number of ether oxygens (including phenoxy) is 1. The van der Waals surface area contributed by atoms with Gasteiger partial charge in [0.25, 0.3) is 5.91 Å². The predicted octanol–water partition coefficient (Wildman–Crippen LogP) is 3.93. The van der Waals surface area contributed by atoms with Gasteiger partial charge in [-0.3, -0.25) is 4.79 Å². The third-order valence-electron chi connectivity index (χ3n) is 7.47. The summed E-state index contributed by atoms with van der Waals surface area (Å²) in [6.07, 6.45) is 2.76. The van der Waals surface area contributed by atoms with Gasteiger partial charge in [-0.1, -0.05) is 37.3 Å². The lowest BCUT2D eigenvalue weighted by molar-refractivity contribution is -0.133. The molecule has 0 N–H and O–H groups in total. The molecule has 5 rings (SSSR count). The first kappa shape index (κ1) is 21.5. The number of likely N-dealkylation sites (N-methyl/N-ethyl adjacent to an activating group) is 1. The van der Waals surface area contributed by atoms with Gasteiger partial charge in [-0.05, 0) is 61.1 Å². The van der Waals surface area contributed by atoms with Crippen LogP contribution in [0.3, 0.4) is 0 Å². The van der Waals surface area contributed by atoms with Gasteiger partial charge in [-0.25, -0.2) is 0 Å². The number of carbonyl (C=O) groups is 1. The number of nitrogens with zero attached hydrogens (tertiary/aromatic N) is 3. The fraction of sp³-hybridized carbons (Fsp3) is 0.519. The van der Waals surface area contributed by atoms with Crippen LogP contribution in [0.15, 0.2) is 48.5 Å². The van der Waals surface area contributed by atoms with Gasteiger partial charge in [0.15, 0.2) is 0 Å². The normalized spacial score (nSPS) is 26.8. The Labute approximate surface area is 191 Å². The molecule has 3 aliphatic rings. The fourth-order valence-electron chi connectivity index (χ4n) is 5.38. The number of hydrogen-bond donors (Lipinski definition) is 0. The van der Waals surface area contributed by atoms with Crippen LogP contribution in [0.25, 0.3) is 0 Å². The quantitative estimate of drug-likeness (QED) is 0.716. The Balaban J connectivity index is 1.28. The van der Waals surface area contributed by atoms with E-state index in [1.807, 2.05) is 4.90 Å². The fourth-order valence-corrected chi connectivity index (χ4v) is 5.38. The zero-order chi connectivity index (χ0) is 22.1. The van der Waals surface area contributed by atoms with Crippen molar-refractivity contribution >= 4 is 17.3 Å². The molecule has 1 unspecified atom stereocenters. The minimum atomic E-state index is -0.426. The second-order valence-corrected chi connectivity index (χ2v) is 9.84. The molecule has 5 nitrogen and oxygen atoms in total. The van der Waals surface area contributed by atoms with Gasteiger partial charge >= 0.3 is 0 Å². The second-order valence-electron chi connectivity index (χ2n) is 9.84. The first-order chi connectivity index (χ1) is 15.6. The van der Waals surface area contributed by atoms with Crippen LogP contribution in [0.5, 0.6) is 0 Å². The van der Waals surface area contributed by atoms with Crippen LogP contribution in [0.4, 0.5) is 11.4 Å². The Bertz CT molecular complexity index is 930. The Hall–Kier alpha value is -2.37. The van der Waals surface area contributed by atoms with Crippen molar-refractivity contribution in [1.29, 1.82) is 0 Å². The minimum absolute atomic E-state index is 0.0782. The standard InChI is InChI=1S/C27H35N3O2/c1-20-17-23(18-20)21-7-9-24(10-8-21)30-15-16-32-26(27(30)31)19-22-5-3-4-6-25(22)29-13-11-28(2)12-14-29/h3-10,20,23,26H,11-19H2,1-2H3. The molecular weight excluding hydrogens is 398 g/mol. The first-order valence-electron chi connectivity index (χ1n) is 12.1. The summed E-state index contributed by atoms with van der Waals surface area (Å²) in [5.74, 6) is 1.61. The van der Waals surface area contributed by atoms with E-state index in [-0.39, 0.29) is 5.91 Å². The molecule has 0 aromatic heterocycles. The van der Waals surface area contributed by atoms with Crippen molar-refractivity contribution < 1.29 is 9.53 Å². The summed E-state index contributed by atoms with van der Waals surface area (Å²) in [4.78, 5) is 20.1. The summed E-state index contributed by atoms with van der Waals surface area (Å²) in [6, 6.07) is 17.2. The lowest BCUT2D eigenvalue weighted by Crippen LogP contribution is -2.49. The van der Waals surface area contributed by atoms with E-state index in [1.165, 1.54) is 29.7 Å². The number of carbonyl (C=O) groups excluding carboxylic acids is 1. The van der Waals surface area contributed by atoms with Crippen LogP contribution < -0.4 is 9.80 Å². The summed E-state index contributed by atoms with van der Waals surface area (Å²) >= 11 is 0. The molecule has 0 bridgehead atoms. The lowest BCUT2D eigenvalue weighted by Gasteiger charge is -2.36. The van der Waals surface area contributed by atoms with E-state index >= 15 is 0 Å². The van der Waals surface area contributed by atoms with Gasteiger partial charge in [-0.15, -0.1) is 0 Å². The van der Waals surface area contributed by atoms with E-state index in [2.05, 4.69) is 72.3 Å². The SMILES string of the molecule is CC1CC(c2ccc(N3CCOC(Cc4ccccc4N4CCN(C)CC4)C3=O)cc2)C1. The number of para-hydroxylation sites is 1. The molecule has 2 heterocycles. The third kappa shape index (κ3) is 4.41. The number of amides is 1. The van der Waals surface area contributed by atoms with Crippen molar-refractivity contribution in [1.82, 2.24) is 4.90 Å². The van der Waals surface area contributed by atoms with Crippen molar-refractivity contribution in [2.75, 3.05) is 56.2 Å². The van der Waals surface area contributed by atoms with E-state index < -0.39 is 6.10 Å². The number of piperazine rings is 1. The molecule has 2 aliphatic heterocycles. The van der Waals surface area contributed by atoms with Crippen molar-refractivity contribution in [3.63, 3.8) is 0 Å². The van der Waals surface area contributed by atoms with Crippen LogP contribution in [0, 0.1) is 5.92 Å². The van der Waals surface area contributed by atoms with Crippen LogP contribution in [0.2, 0.25) is 0 Å². The van der Waals surface area contributed by atoms with Gasteiger partial charge in [0.2, 0.25) is 0 Å². The average Bonchev–Trinajstić information content (AvgIpc) is 2.80. The summed E-state index contributed by atoms with van der Waals surface area (Å²) in [6.45, 7) is 7.69. The van der Waals surface area contributed by atoms with E-state index in [4.69, 9.17) is 4.74 Å². The molecule has 0 spiro atoms. The topological polar surface area (TPSA) is 36.0 Å². The van der Waals surface area contributed by atoms with Crippen molar-refractivity contribution in [3.8, 4) is 0 Å². The predicted molar refractivity (Wildman–Crippen MR) is 130 cm³/mol. The number of hydrogen-bond acceptors (Lipinski definition) is 4. The molecular formula is C27H35N3O2. The summed E-state index contributed by atoms with van der Waals surface area (Å²) in [5.41, 5.74) is 4.84. The zero-order valence-corrected chi connectivity index (χ0v) is 19.4. The van der Waals surface area contributed by atoms with Gasteiger partial charge in [0.1, 0.15) is 6.10 Å². The van der Waals surface area contributed by atoms with Crippen LogP contribution >= 0.6 is 0 Å². The third-order valence-corrected chi connectivity index (χ3v) is 7.47. The molecule has 170 valence electrons. The van der Waals surface area contributed by atoms with Gasteiger partial charge in [0, 0.05) is 50.5 Å². The number of anilines is 2. The molecule has 5 heteroatoms. The molecule has 1 amide bonds. The molecule has 2 aromatic rings. The summed E-state index contributed by atoms with van der Waals surface area (Å²) in [5, 5.41) is 0. The Morgan fingerprint density at radius 3 is 2.38 bits per heavy atom. The molecule has 1 atom stereocenters. The van der Waals surface area contributed by atoms with Gasteiger partial charge in [-0.2, -0.15) is 0 Å². The van der Waals surface area contributed by atoms with E-state index in [0.717, 1.165) is 37.8 Å². The number of morpholine rings is 1. The molecule has 3 fully saturated rings. The monoisotopic (exact) mass is 433 g/mol. The lowest BCUT2D eigenvalue weighted by atomic mass is 9.72. The smallest absolute Gasteiger partial charge is 0.256 e. The average molecular weight is 434 g/mol. The number of benzene rings is 2. The number of rotatable bonds is 5. The molecule has 1 aliphatic carbocycles. The first-order valence-corrected chi connectivity index (χ1v) is 12.1. The Morgan fingerprint density at radius 1 is 0.938 bits per heavy atom. The van der Waals surface area contributed by atoms with E-state index in [9.17, 15) is 4.79 Å². The Kier molecular flexibility index (Phi) is 6.20. The maximum atomic E-state index is 13.4. The van der Waals surface area contributed by atoms with Crippen LogP contribution in [0.1, 0.15) is 36.8 Å². The molecule has 1 saturated carbocycles. The second kappa shape index (κ2) is 9.24. The minimum Gasteiger partial charge on any atom is -0.369 e. The highest BCUT2D eigenvalue weighted by atomic mass is 16.5. The largest absolute Gasteiger partial charge is 0.369 e. The molecule has 2 saturated heterocycles. The van der Waals surface area contributed by atoms with E-state index in [1.54, 1.807) is 0 Å². The van der Waals surface area contributed by atoms with Crippen molar-refractivity contribution in [2.24, 2.45) is 5.92 Å². The van der Waals surface area contributed by atoms with Crippen LogP contribution in [-0.2, 0) is 16.0 Å². The van der Waals surface area contributed by atoms with Crippen molar-refractivity contribution in [3.05, 3.63) is 59.7 Å². The summed E-state index contributed by atoms with van der Waals surface area (Å²) < 4.78 is 5.99.